The van der Waals surface area contributed by atoms with Gasteiger partial charge in [0.25, 0.3) is 0 Å². The van der Waals surface area contributed by atoms with Crippen LogP contribution in [0.5, 0.6) is 0 Å². The third-order valence-corrected chi connectivity index (χ3v) is 2.08. The van der Waals surface area contributed by atoms with Crippen molar-refractivity contribution >= 4 is 0 Å². The van der Waals surface area contributed by atoms with Crippen LogP contribution in [0.25, 0.3) is 0 Å². The lowest BCUT2D eigenvalue weighted by Gasteiger charge is -2.01. The Hall–Kier alpha value is -1.29. The Morgan fingerprint density at radius 2 is 2.31 bits per heavy atom. The summed E-state index contributed by atoms with van der Waals surface area (Å²) < 4.78 is 0. The fourth-order valence-corrected chi connectivity index (χ4v) is 1.34. The van der Waals surface area contributed by atoms with Crippen molar-refractivity contribution in [2.24, 2.45) is 0 Å². The fourth-order valence-electron chi connectivity index (χ4n) is 1.34. The number of aryl methyl sites for hydroxylation is 1. The highest BCUT2D eigenvalue weighted by Crippen LogP contribution is 2.09. The molecule has 13 heavy (non-hydrogen) atoms. The van der Waals surface area contributed by atoms with Crippen LogP contribution in [0.1, 0.15) is 37.4 Å². The molecule has 0 atom stereocenters. The molecule has 0 bridgehead atoms. The van der Waals surface area contributed by atoms with Crippen molar-refractivity contribution in [3.8, 4) is 12.3 Å². The van der Waals surface area contributed by atoms with E-state index in [2.05, 4.69) is 23.9 Å². The van der Waals surface area contributed by atoms with Gasteiger partial charge in [-0.15, -0.1) is 6.42 Å². The van der Waals surface area contributed by atoms with Crippen molar-refractivity contribution in [2.45, 2.75) is 32.6 Å². The maximum absolute atomic E-state index is 5.34. The summed E-state index contributed by atoms with van der Waals surface area (Å²) in [6, 6.07) is 4.01. The summed E-state index contributed by atoms with van der Waals surface area (Å²) in [4.78, 5) is 4.14. The molecule has 0 spiro atoms. The lowest BCUT2D eigenvalue weighted by atomic mass is 10.1. The Labute approximate surface area is 80.2 Å². The molecule has 0 radical (unpaired) electrons. The minimum atomic E-state index is 0.804. The summed E-state index contributed by atoms with van der Waals surface area (Å²) in [5.41, 5.74) is 2.01. The SMILES string of the molecule is C#Cc1ncccc1CCCCC. The van der Waals surface area contributed by atoms with Crippen molar-refractivity contribution in [3.05, 3.63) is 29.6 Å². The fraction of sp³-hybridized carbons (Fsp3) is 0.417. The highest BCUT2D eigenvalue weighted by Gasteiger charge is 1.98. The molecule has 0 unspecified atom stereocenters. The van der Waals surface area contributed by atoms with Gasteiger partial charge < -0.3 is 0 Å². The van der Waals surface area contributed by atoms with Crippen molar-refractivity contribution < 1.29 is 0 Å². The van der Waals surface area contributed by atoms with E-state index in [1.54, 1.807) is 6.20 Å². The Morgan fingerprint density at radius 1 is 1.46 bits per heavy atom. The van der Waals surface area contributed by atoms with E-state index in [9.17, 15) is 0 Å². The smallest absolute Gasteiger partial charge is 0.116 e. The minimum absolute atomic E-state index is 0.804. The molecule has 1 rings (SSSR count). The van der Waals surface area contributed by atoms with Crippen LogP contribution in [-0.2, 0) is 6.42 Å². The van der Waals surface area contributed by atoms with Gasteiger partial charge in [-0.05, 0) is 30.4 Å². The molecular formula is C12H15N. The second kappa shape index (κ2) is 5.37. The molecule has 1 heteroatoms. The zero-order chi connectivity index (χ0) is 9.52. The lowest BCUT2D eigenvalue weighted by molar-refractivity contribution is 0.715. The van der Waals surface area contributed by atoms with Crippen LogP contribution in [0.4, 0.5) is 0 Å². The summed E-state index contributed by atoms with van der Waals surface area (Å²) in [5, 5.41) is 0. The molecule has 0 aromatic carbocycles. The van der Waals surface area contributed by atoms with Crippen LogP contribution in [0.15, 0.2) is 18.3 Å². The number of terminal acetylenes is 1. The molecule has 0 aliphatic rings. The first kappa shape index (κ1) is 9.80. The number of hydrogen-bond acceptors (Lipinski definition) is 1. The molecule has 1 heterocycles. The van der Waals surface area contributed by atoms with E-state index >= 15 is 0 Å². The van der Waals surface area contributed by atoms with Gasteiger partial charge in [-0.25, -0.2) is 4.98 Å². The van der Waals surface area contributed by atoms with Gasteiger partial charge in [0.15, 0.2) is 0 Å². The Morgan fingerprint density at radius 3 is 3.00 bits per heavy atom. The third kappa shape index (κ3) is 2.91. The lowest BCUT2D eigenvalue weighted by Crippen LogP contribution is -1.92. The molecule has 1 nitrogen and oxygen atoms in total. The molecule has 1 aromatic rings. The van der Waals surface area contributed by atoms with Gasteiger partial charge in [-0.1, -0.05) is 25.8 Å². The largest absolute Gasteiger partial charge is 0.248 e. The molecule has 0 N–H and O–H groups in total. The molecule has 0 aliphatic heterocycles. The van der Waals surface area contributed by atoms with Crippen LogP contribution in [0.3, 0.4) is 0 Å². The summed E-state index contributed by atoms with van der Waals surface area (Å²) in [6.45, 7) is 2.20. The van der Waals surface area contributed by atoms with Crippen molar-refractivity contribution in [3.63, 3.8) is 0 Å². The molecule has 0 aliphatic carbocycles. The second-order valence-corrected chi connectivity index (χ2v) is 3.11. The summed E-state index contributed by atoms with van der Waals surface area (Å²) in [6.07, 6.45) is 11.9. The zero-order valence-electron chi connectivity index (χ0n) is 8.09. The molecule has 0 amide bonds. The Kier molecular flexibility index (Phi) is 4.05. The molecule has 68 valence electrons. The number of aromatic nitrogens is 1. The molecule has 1 aromatic heterocycles. The monoisotopic (exact) mass is 173 g/mol. The summed E-state index contributed by atoms with van der Waals surface area (Å²) >= 11 is 0. The van der Waals surface area contributed by atoms with Crippen LogP contribution in [0, 0.1) is 12.3 Å². The third-order valence-electron chi connectivity index (χ3n) is 2.08. The van der Waals surface area contributed by atoms with Gasteiger partial charge in [0.1, 0.15) is 5.69 Å². The van der Waals surface area contributed by atoms with Crippen LogP contribution >= 0.6 is 0 Å². The second-order valence-electron chi connectivity index (χ2n) is 3.11. The maximum Gasteiger partial charge on any atom is 0.116 e. The standard InChI is InChI=1S/C12H15N/c1-3-5-6-8-11-9-7-10-13-12(11)4-2/h2,7,9-10H,3,5-6,8H2,1H3. The number of pyridine rings is 1. The predicted molar refractivity (Wildman–Crippen MR) is 55.4 cm³/mol. The van der Waals surface area contributed by atoms with Crippen molar-refractivity contribution in [1.29, 1.82) is 0 Å². The number of nitrogens with zero attached hydrogens (tertiary/aromatic N) is 1. The first-order valence-corrected chi connectivity index (χ1v) is 4.79. The topological polar surface area (TPSA) is 12.9 Å². The van der Waals surface area contributed by atoms with E-state index in [1.807, 2.05) is 6.07 Å². The van der Waals surface area contributed by atoms with Crippen LogP contribution in [0.2, 0.25) is 0 Å². The normalized spacial score (nSPS) is 9.54. The van der Waals surface area contributed by atoms with E-state index < -0.39 is 0 Å². The molecule has 0 fully saturated rings. The van der Waals surface area contributed by atoms with Crippen molar-refractivity contribution in [1.82, 2.24) is 4.98 Å². The van der Waals surface area contributed by atoms with E-state index in [0.29, 0.717) is 0 Å². The van der Waals surface area contributed by atoms with Gasteiger partial charge in [0.2, 0.25) is 0 Å². The predicted octanol–water partition coefficient (Wildman–Crippen LogP) is 2.80. The average molecular weight is 173 g/mol. The number of rotatable bonds is 4. The van der Waals surface area contributed by atoms with Gasteiger partial charge in [0.05, 0.1) is 0 Å². The highest BCUT2D eigenvalue weighted by atomic mass is 14.7. The van der Waals surface area contributed by atoms with Gasteiger partial charge >= 0.3 is 0 Å². The van der Waals surface area contributed by atoms with Crippen LogP contribution < -0.4 is 0 Å². The highest BCUT2D eigenvalue weighted by molar-refractivity contribution is 5.33. The molecule has 0 saturated heterocycles. The number of hydrogen-bond donors (Lipinski definition) is 0. The molecular weight excluding hydrogens is 158 g/mol. The molecule has 0 saturated carbocycles. The maximum atomic E-state index is 5.34. The Balaban J connectivity index is 2.60. The first-order chi connectivity index (χ1) is 6.38. The van der Waals surface area contributed by atoms with Gasteiger partial charge in [-0.2, -0.15) is 0 Å². The van der Waals surface area contributed by atoms with Crippen LogP contribution in [-0.4, -0.2) is 4.98 Å². The quantitative estimate of drug-likeness (QED) is 0.504. The van der Waals surface area contributed by atoms with E-state index in [4.69, 9.17) is 6.42 Å². The van der Waals surface area contributed by atoms with Gasteiger partial charge in [-0.3, -0.25) is 0 Å². The number of unbranched alkanes of at least 4 members (excludes halogenated alkanes) is 2. The first-order valence-electron chi connectivity index (χ1n) is 4.79. The zero-order valence-corrected chi connectivity index (χ0v) is 8.09. The van der Waals surface area contributed by atoms with Crippen molar-refractivity contribution in [2.75, 3.05) is 0 Å². The summed E-state index contributed by atoms with van der Waals surface area (Å²) in [7, 11) is 0. The van der Waals surface area contributed by atoms with Gasteiger partial charge in [0, 0.05) is 6.20 Å². The van der Waals surface area contributed by atoms with E-state index in [1.165, 1.54) is 24.8 Å². The average Bonchev–Trinajstić information content (AvgIpc) is 2.19. The minimum Gasteiger partial charge on any atom is -0.248 e. The van der Waals surface area contributed by atoms with E-state index in [0.717, 1.165) is 12.1 Å². The summed E-state index contributed by atoms with van der Waals surface area (Å²) in [5.74, 6) is 2.61. The Bertz CT molecular complexity index is 296. The van der Waals surface area contributed by atoms with E-state index in [-0.39, 0.29) is 0 Å².